The van der Waals surface area contributed by atoms with Crippen molar-refractivity contribution in [3.8, 4) is 0 Å². The summed E-state index contributed by atoms with van der Waals surface area (Å²) in [6, 6.07) is 0. The minimum absolute atomic E-state index is 0.194. The molecule has 0 saturated carbocycles. The molecule has 0 fully saturated rings. The fraction of sp³-hybridized carbons (Fsp3) is 0.917. The van der Waals surface area contributed by atoms with Gasteiger partial charge < -0.3 is 14.8 Å². The van der Waals surface area contributed by atoms with Crippen molar-refractivity contribution in [3.05, 3.63) is 0 Å². The standard InChI is InChI=1S/C12H25NO3/c1-5-7-8-15-11(14)9-13-10-12(3,4)16-6-2/h13H,5-10H2,1-4H3. The Labute approximate surface area is 98.7 Å². The van der Waals surface area contributed by atoms with Crippen molar-refractivity contribution in [1.29, 1.82) is 0 Å². The number of ether oxygens (including phenoxy) is 2. The molecule has 0 aliphatic heterocycles. The predicted octanol–water partition coefficient (Wildman–Crippen LogP) is 1.73. The van der Waals surface area contributed by atoms with E-state index in [0.717, 1.165) is 12.8 Å². The Morgan fingerprint density at radius 1 is 1.31 bits per heavy atom. The molecule has 0 spiro atoms. The largest absolute Gasteiger partial charge is 0.465 e. The lowest BCUT2D eigenvalue weighted by Gasteiger charge is -2.24. The van der Waals surface area contributed by atoms with Gasteiger partial charge in [-0.25, -0.2) is 0 Å². The molecule has 0 radical (unpaired) electrons. The van der Waals surface area contributed by atoms with Crippen LogP contribution in [0.4, 0.5) is 0 Å². The number of rotatable bonds is 9. The second kappa shape index (κ2) is 8.53. The second-order valence-electron chi connectivity index (χ2n) is 4.37. The van der Waals surface area contributed by atoms with Crippen molar-refractivity contribution in [3.63, 3.8) is 0 Å². The molecule has 0 aliphatic rings. The highest BCUT2D eigenvalue weighted by Crippen LogP contribution is 2.06. The first kappa shape index (κ1) is 15.4. The van der Waals surface area contributed by atoms with Crippen LogP contribution in [0.5, 0.6) is 0 Å². The molecule has 4 heteroatoms. The minimum atomic E-state index is -0.238. The third-order valence-corrected chi connectivity index (χ3v) is 2.12. The molecule has 96 valence electrons. The smallest absolute Gasteiger partial charge is 0.319 e. The Hall–Kier alpha value is -0.610. The summed E-state index contributed by atoms with van der Waals surface area (Å²) in [5.41, 5.74) is -0.238. The van der Waals surface area contributed by atoms with Crippen LogP contribution in [0.15, 0.2) is 0 Å². The van der Waals surface area contributed by atoms with E-state index < -0.39 is 0 Å². The van der Waals surface area contributed by atoms with Gasteiger partial charge in [0.1, 0.15) is 0 Å². The Balaban J connectivity index is 3.53. The van der Waals surface area contributed by atoms with Crippen LogP contribution >= 0.6 is 0 Å². The first-order chi connectivity index (χ1) is 7.52. The van der Waals surface area contributed by atoms with Gasteiger partial charge >= 0.3 is 5.97 Å². The third kappa shape index (κ3) is 8.68. The number of hydrogen-bond acceptors (Lipinski definition) is 4. The first-order valence-electron chi connectivity index (χ1n) is 6.02. The highest BCUT2D eigenvalue weighted by atomic mass is 16.5. The summed E-state index contributed by atoms with van der Waals surface area (Å²) < 4.78 is 10.5. The van der Waals surface area contributed by atoms with Crippen molar-refractivity contribution in [1.82, 2.24) is 5.32 Å². The molecule has 0 unspecified atom stereocenters. The van der Waals surface area contributed by atoms with Gasteiger partial charge in [-0.2, -0.15) is 0 Å². The number of hydrogen-bond donors (Lipinski definition) is 1. The van der Waals surface area contributed by atoms with Crippen LogP contribution in [0, 0.1) is 0 Å². The topological polar surface area (TPSA) is 47.6 Å². The highest BCUT2D eigenvalue weighted by molar-refractivity contribution is 5.71. The molecule has 1 N–H and O–H groups in total. The van der Waals surface area contributed by atoms with E-state index in [4.69, 9.17) is 9.47 Å². The molecule has 0 aromatic rings. The molecule has 0 aromatic carbocycles. The zero-order chi connectivity index (χ0) is 12.4. The number of nitrogens with one attached hydrogen (secondary N) is 1. The van der Waals surface area contributed by atoms with Gasteiger partial charge in [0, 0.05) is 13.2 Å². The lowest BCUT2D eigenvalue weighted by atomic mass is 10.1. The SMILES string of the molecule is CCCCOC(=O)CNCC(C)(C)OCC. The first-order valence-corrected chi connectivity index (χ1v) is 6.02. The predicted molar refractivity (Wildman–Crippen MR) is 64.4 cm³/mol. The van der Waals surface area contributed by atoms with Crippen LogP contribution in [-0.4, -0.2) is 37.9 Å². The molecule has 0 atom stereocenters. The maximum absolute atomic E-state index is 11.2. The monoisotopic (exact) mass is 231 g/mol. The van der Waals surface area contributed by atoms with Crippen LogP contribution in [-0.2, 0) is 14.3 Å². The summed E-state index contributed by atoms with van der Waals surface area (Å²) in [6.07, 6.45) is 1.97. The molecule has 0 rings (SSSR count). The maximum Gasteiger partial charge on any atom is 0.319 e. The summed E-state index contributed by atoms with van der Waals surface area (Å²) >= 11 is 0. The molecule has 16 heavy (non-hydrogen) atoms. The van der Waals surface area contributed by atoms with Gasteiger partial charge in [-0.1, -0.05) is 13.3 Å². The van der Waals surface area contributed by atoms with E-state index in [1.54, 1.807) is 0 Å². The third-order valence-electron chi connectivity index (χ3n) is 2.12. The van der Waals surface area contributed by atoms with Gasteiger partial charge in [0.2, 0.25) is 0 Å². The normalized spacial score (nSPS) is 11.5. The van der Waals surface area contributed by atoms with Crippen LogP contribution in [0.25, 0.3) is 0 Å². The van der Waals surface area contributed by atoms with E-state index >= 15 is 0 Å². The summed E-state index contributed by atoms with van der Waals surface area (Å²) in [5, 5.41) is 3.04. The fourth-order valence-corrected chi connectivity index (χ4v) is 1.29. The average molecular weight is 231 g/mol. The lowest BCUT2D eigenvalue weighted by molar-refractivity contribution is -0.142. The number of esters is 1. The van der Waals surface area contributed by atoms with Gasteiger partial charge in [-0.3, -0.25) is 4.79 Å². The molecule has 0 heterocycles. The Morgan fingerprint density at radius 2 is 2.00 bits per heavy atom. The molecular weight excluding hydrogens is 206 g/mol. The lowest BCUT2D eigenvalue weighted by Crippen LogP contribution is -2.40. The Kier molecular flexibility index (Phi) is 8.21. The molecule has 0 saturated heterocycles. The number of carbonyl (C=O) groups is 1. The van der Waals surface area contributed by atoms with Crippen LogP contribution in [0.1, 0.15) is 40.5 Å². The van der Waals surface area contributed by atoms with E-state index in [-0.39, 0.29) is 18.1 Å². The Morgan fingerprint density at radius 3 is 2.56 bits per heavy atom. The number of unbranched alkanes of at least 4 members (excludes halogenated alkanes) is 1. The van der Waals surface area contributed by atoms with Gasteiger partial charge in [0.25, 0.3) is 0 Å². The van der Waals surface area contributed by atoms with Crippen molar-refractivity contribution in [2.24, 2.45) is 0 Å². The van der Waals surface area contributed by atoms with Gasteiger partial charge in [0.05, 0.1) is 18.8 Å². The van der Waals surface area contributed by atoms with Crippen LogP contribution < -0.4 is 5.32 Å². The fourth-order valence-electron chi connectivity index (χ4n) is 1.29. The van der Waals surface area contributed by atoms with Crippen molar-refractivity contribution in [2.75, 3.05) is 26.3 Å². The highest BCUT2D eigenvalue weighted by Gasteiger charge is 2.17. The minimum Gasteiger partial charge on any atom is -0.465 e. The van der Waals surface area contributed by atoms with Crippen molar-refractivity contribution >= 4 is 5.97 Å². The molecule has 4 nitrogen and oxygen atoms in total. The quantitative estimate of drug-likeness (QED) is 0.485. The van der Waals surface area contributed by atoms with Crippen LogP contribution in [0.3, 0.4) is 0 Å². The van der Waals surface area contributed by atoms with E-state index in [1.807, 2.05) is 20.8 Å². The zero-order valence-electron chi connectivity index (χ0n) is 11.0. The van der Waals surface area contributed by atoms with E-state index in [0.29, 0.717) is 19.8 Å². The molecular formula is C12H25NO3. The van der Waals surface area contributed by atoms with Gasteiger partial charge in [-0.15, -0.1) is 0 Å². The molecule has 0 aliphatic carbocycles. The van der Waals surface area contributed by atoms with E-state index in [2.05, 4.69) is 12.2 Å². The molecule has 0 amide bonds. The van der Waals surface area contributed by atoms with Crippen molar-refractivity contribution < 1.29 is 14.3 Å². The number of carbonyl (C=O) groups excluding carboxylic acids is 1. The maximum atomic E-state index is 11.2. The van der Waals surface area contributed by atoms with Gasteiger partial charge in [0.15, 0.2) is 0 Å². The summed E-state index contributed by atoms with van der Waals surface area (Å²) in [4.78, 5) is 11.2. The summed E-state index contributed by atoms with van der Waals surface area (Å²) in [6.45, 7) is 10.1. The van der Waals surface area contributed by atoms with E-state index in [1.165, 1.54) is 0 Å². The zero-order valence-corrected chi connectivity index (χ0v) is 11.0. The van der Waals surface area contributed by atoms with Crippen LogP contribution in [0.2, 0.25) is 0 Å². The van der Waals surface area contributed by atoms with Crippen molar-refractivity contribution in [2.45, 2.75) is 46.1 Å². The average Bonchev–Trinajstić information content (AvgIpc) is 2.17. The molecule has 0 bridgehead atoms. The van der Waals surface area contributed by atoms with E-state index in [9.17, 15) is 4.79 Å². The van der Waals surface area contributed by atoms with Gasteiger partial charge in [-0.05, 0) is 27.2 Å². The Bertz CT molecular complexity index is 193. The molecule has 0 aromatic heterocycles. The summed E-state index contributed by atoms with van der Waals surface area (Å²) in [7, 11) is 0. The second-order valence-corrected chi connectivity index (χ2v) is 4.37. The summed E-state index contributed by atoms with van der Waals surface area (Å²) in [5.74, 6) is -0.194.